The summed E-state index contributed by atoms with van der Waals surface area (Å²) >= 11 is 0. The second-order valence-electron chi connectivity index (χ2n) is 8.44. The molecule has 1 aromatic heterocycles. The van der Waals surface area contributed by atoms with Crippen molar-refractivity contribution in [3.63, 3.8) is 0 Å². The maximum Gasteiger partial charge on any atom is 0.297 e. The van der Waals surface area contributed by atoms with Crippen molar-refractivity contribution in [3.05, 3.63) is 51.9 Å². The highest BCUT2D eigenvalue weighted by Crippen LogP contribution is 2.34. The molecule has 0 aliphatic carbocycles. The summed E-state index contributed by atoms with van der Waals surface area (Å²) in [6, 6.07) is 5.80. The fourth-order valence-corrected chi connectivity index (χ4v) is 3.74. The summed E-state index contributed by atoms with van der Waals surface area (Å²) in [5.74, 6) is 1.46. The molecule has 176 valence electrons. The smallest absolute Gasteiger partial charge is 0.297 e. The molecule has 2 rings (SSSR count). The lowest BCUT2D eigenvalue weighted by Gasteiger charge is -2.17. The molecule has 32 heavy (non-hydrogen) atoms. The Balaban J connectivity index is 2.29. The number of rotatable bonds is 13. The largest absolute Gasteiger partial charge is 0.492 e. The van der Waals surface area contributed by atoms with E-state index in [-0.39, 0.29) is 11.3 Å². The molecule has 0 fully saturated rings. The van der Waals surface area contributed by atoms with Gasteiger partial charge in [-0.1, -0.05) is 43.4 Å². The number of hydrogen-bond donors (Lipinski definition) is 0. The zero-order valence-electron chi connectivity index (χ0n) is 20.6. The first-order valence-electron chi connectivity index (χ1n) is 11.6. The normalized spacial score (nSPS) is 11.5. The monoisotopic (exact) mass is 441 g/mol. The Morgan fingerprint density at radius 2 is 1.75 bits per heavy atom. The molecule has 0 amide bonds. The predicted molar refractivity (Wildman–Crippen MR) is 133 cm³/mol. The molecule has 5 heteroatoms. The van der Waals surface area contributed by atoms with Crippen LogP contribution in [0.3, 0.4) is 0 Å². The summed E-state index contributed by atoms with van der Waals surface area (Å²) in [6.07, 6.45) is 10.8. The molecular weight excluding hydrogens is 402 g/mol. The number of nitrogens with zero attached hydrogens (tertiary/aromatic N) is 1. The van der Waals surface area contributed by atoms with E-state index in [1.807, 2.05) is 18.2 Å². The molecule has 1 aromatic carbocycles. The maximum atomic E-state index is 13.1. The zero-order chi connectivity index (χ0) is 23.5. The fraction of sp³-hybridized carbons (Fsp3) is 0.519. The van der Waals surface area contributed by atoms with Crippen LogP contribution in [0.1, 0.15) is 66.2 Å². The predicted octanol–water partition coefficient (Wildman–Crippen LogP) is 6.67. The maximum absolute atomic E-state index is 13.1. The summed E-state index contributed by atoms with van der Waals surface area (Å²) < 4.78 is 18.7. The number of benzene rings is 1. The van der Waals surface area contributed by atoms with Crippen LogP contribution >= 0.6 is 0 Å². The summed E-state index contributed by atoms with van der Waals surface area (Å²) in [4.78, 5) is 13.1. The molecule has 1 heterocycles. The Morgan fingerprint density at radius 3 is 2.41 bits per heavy atom. The average molecular weight is 442 g/mol. The lowest BCUT2D eigenvalue weighted by atomic mass is 10.1. The van der Waals surface area contributed by atoms with E-state index in [4.69, 9.17) is 14.2 Å². The molecule has 0 radical (unpaired) electrons. The van der Waals surface area contributed by atoms with Crippen LogP contribution in [-0.4, -0.2) is 25.4 Å². The van der Waals surface area contributed by atoms with Gasteiger partial charge in [-0.3, -0.25) is 4.79 Å². The molecule has 2 aromatic rings. The van der Waals surface area contributed by atoms with Crippen molar-refractivity contribution >= 4 is 10.9 Å². The van der Waals surface area contributed by atoms with Gasteiger partial charge in [-0.25, -0.2) is 0 Å². The SMILES string of the molecule is CCCCCCn1c(=O)c(OC)c(OC)c2ccc(OC/C=C(\C)CCC=C(C)C)cc21. The molecule has 0 spiro atoms. The number of aryl methyl sites for hydroxylation is 1. The number of unbranched alkanes of at least 4 members (excludes halogenated alkanes) is 3. The minimum atomic E-state index is -0.166. The lowest BCUT2D eigenvalue weighted by Crippen LogP contribution is -2.23. The van der Waals surface area contributed by atoms with E-state index in [0.717, 1.165) is 55.2 Å². The standard InChI is InChI=1S/C27H39NO4/c1-7-8-9-10-17-28-24-19-22(32-18-16-21(4)13-11-12-20(2)3)14-15-23(24)25(30-5)26(31-6)27(28)29/h12,14-16,19H,7-11,13,17-18H2,1-6H3/b21-16+. The molecule has 0 aliphatic heterocycles. The summed E-state index contributed by atoms with van der Waals surface area (Å²) in [6.45, 7) is 9.70. The van der Waals surface area contributed by atoms with Crippen molar-refractivity contribution in [2.24, 2.45) is 0 Å². The first kappa shape index (κ1) is 25.6. The van der Waals surface area contributed by atoms with Crippen molar-refractivity contribution in [1.29, 1.82) is 0 Å². The number of pyridine rings is 1. The topological polar surface area (TPSA) is 49.7 Å². The third-order valence-electron chi connectivity index (χ3n) is 5.57. The Kier molecular flexibility index (Phi) is 10.4. The van der Waals surface area contributed by atoms with Crippen LogP contribution < -0.4 is 19.8 Å². The summed E-state index contributed by atoms with van der Waals surface area (Å²) in [5, 5.41) is 0.847. The molecule has 0 unspecified atom stereocenters. The number of methoxy groups -OCH3 is 2. The summed E-state index contributed by atoms with van der Waals surface area (Å²) in [5.41, 5.74) is 3.30. The average Bonchev–Trinajstić information content (AvgIpc) is 2.77. The van der Waals surface area contributed by atoms with Gasteiger partial charge in [0.1, 0.15) is 12.4 Å². The fourth-order valence-electron chi connectivity index (χ4n) is 3.74. The van der Waals surface area contributed by atoms with Gasteiger partial charge in [0.2, 0.25) is 5.75 Å². The molecule has 0 saturated carbocycles. The van der Waals surface area contributed by atoms with E-state index in [1.54, 1.807) is 11.7 Å². The quantitative estimate of drug-likeness (QED) is 0.257. The van der Waals surface area contributed by atoms with Gasteiger partial charge in [0, 0.05) is 18.0 Å². The van der Waals surface area contributed by atoms with E-state index < -0.39 is 0 Å². The molecular formula is C27H39NO4. The molecule has 0 N–H and O–H groups in total. The minimum absolute atomic E-state index is 0.166. The summed E-state index contributed by atoms with van der Waals surface area (Å²) in [7, 11) is 3.08. The molecule has 0 aliphatic rings. The van der Waals surface area contributed by atoms with Gasteiger partial charge in [-0.2, -0.15) is 0 Å². The van der Waals surface area contributed by atoms with Crippen LogP contribution in [0.25, 0.3) is 10.9 Å². The molecule has 0 atom stereocenters. The number of hydrogen-bond acceptors (Lipinski definition) is 4. The van der Waals surface area contributed by atoms with Crippen LogP contribution in [0.5, 0.6) is 17.2 Å². The van der Waals surface area contributed by atoms with E-state index in [2.05, 4.69) is 39.8 Å². The van der Waals surface area contributed by atoms with Crippen molar-refractivity contribution in [2.75, 3.05) is 20.8 Å². The van der Waals surface area contributed by atoms with E-state index >= 15 is 0 Å². The highest BCUT2D eigenvalue weighted by Gasteiger charge is 2.18. The van der Waals surface area contributed by atoms with Crippen LogP contribution in [0.15, 0.2) is 46.3 Å². The second kappa shape index (κ2) is 13.0. The molecule has 0 saturated heterocycles. The third-order valence-corrected chi connectivity index (χ3v) is 5.57. The van der Waals surface area contributed by atoms with Crippen LogP contribution in [-0.2, 0) is 6.54 Å². The first-order chi connectivity index (χ1) is 15.4. The van der Waals surface area contributed by atoms with Gasteiger partial charge in [0.15, 0.2) is 5.75 Å². The number of fused-ring (bicyclic) bond motifs is 1. The Hall–Kier alpha value is -2.69. The molecule has 5 nitrogen and oxygen atoms in total. The van der Waals surface area contributed by atoms with Crippen molar-refractivity contribution in [3.8, 4) is 17.2 Å². The Morgan fingerprint density at radius 1 is 1.00 bits per heavy atom. The highest BCUT2D eigenvalue weighted by atomic mass is 16.5. The van der Waals surface area contributed by atoms with Gasteiger partial charge in [-0.15, -0.1) is 0 Å². The lowest BCUT2D eigenvalue weighted by molar-refractivity contribution is 0.349. The van der Waals surface area contributed by atoms with Crippen LogP contribution in [0, 0.1) is 0 Å². The third kappa shape index (κ3) is 6.91. The Labute approximate surface area is 192 Å². The van der Waals surface area contributed by atoms with Crippen molar-refractivity contribution in [1.82, 2.24) is 4.57 Å². The number of aromatic nitrogens is 1. The Bertz CT molecular complexity index is 997. The minimum Gasteiger partial charge on any atom is -0.492 e. The first-order valence-corrected chi connectivity index (χ1v) is 11.6. The van der Waals surface area contributed by atoms with Gasteiger partial charge >= 0.3 is 0 Å². The van der Waals surface area contributed by atoms with E-state index in [9.17, 15) is 4.79 Å². The van der Waals surface area contributed by atoms with Crippen molar-refractivity contribution < 1.29 is 14.2 Å². The van der Waals surface area contributed by atoms with Gasteiger partial charge in [0.25, 0.3) is 5.56 Å². The van der Waals surface area contributed by atoms with E-state index in [0.29, 0.717) is 18.9 Å². The van der Waals surface area contributed by atoms with Crippen LogP contribution in [0.2, 0.25) is 0 Å². The second-order valence-corrected chi connectivity index (χ2v) is 8.44. The van der Waals surface area contributed by atoms with Gasteiger partial charge < -0.3 is 18.8 Å². The number of ether oxygens (including phenoxy) is 3. The van der Waals surface area contributed by atoms with E-state index in [1.165, 1.54) is 18.3 Å². The van der Waals surface area contributed by atoms with Crippen molar-refractivity contribution in [2.45, 2.75) is 72.8 Å². The van der Waals surface area contributed by atoms with Crippen LogP contribution in [0.4, 0.5) is 0 Å². The number of allylic oxidation sites excluding steroid dienone is 3. The molecule has 0 bridgehead atoms. The zero-order valence-corrected chi connectivity index (χ0v) is 20.6. The highest BCUT2D eigenvalue weighted by molar-refractivity contribution is 5.89. The van der Waals surface area contributed by atoms with Gasteiger partial charge in [-0.05, 0) is 58.2 Å². The van der Waals surface area contributed by atoms with Gasteiger partial charge in [0.05, 0.1) is 19.7 Å².